The Hall–Kier alpha value is -2.47. The Morgan fingerprint density at radius 2 is 1.65 bits per heavy atom. The quantitative estimate of drug-likeness (QED) is 0.478. The molecule has 0 spiro atoms. The fourth-order valence-corrected chi connectivity index (χ4v) is 3.52. The van der Waals surface area contributed by atoms with Gasteiger partial charge in [-0.3, -0.25) is 9.59 Å². The zero-order chi connectivity index (χ0) is 16.1. The summed E-state index contributed by atoms with van der Waals surface area (Å²) in [6.07, 6.45) is 3.10. The number of amides is 2. The molecule has 0 aliphatic carbocycles. The molecule has 6 heteroatoms. The molecule has 4 atom stereocenters. The minimum Gasteiger partial charge on any atom is -0.462 e. The molecular weight excluding hydrogens is 298 g/mol. The number of ether oxygens (including phenoxy) is 2. The molecule has 2 bridgehead atoms. The number of rotatable bonds is 3. The van der Waals surface area contributed by atoms with Crippen molar-refractivity contribution in [2.24, 2.45) is 11.8 Å². The van der Waals surface area contributed by atoms with Gasteiger partial charge in [0.2, 0.25) is 11.8 Å². The molecule has 6 nitrogen and oxygen atoms in total. The predicted molar refractivity (Wildman–Crippen MR) is 79.7 cm³/mol. The van der Waals surface area contributed by atoms with E-state index in [9.17, 15) is 14.4 Å². The van der Waals surface area contributed by atoms with Gasteiger partial charge in [0.05, 0.1) is 41.9 Å². The van der Waals surface area contributed by atoms with Crippen molar-refractivity contribution in [3.63, 3.8) is 0 Å². The van der Waals surface area contributed by atoms with Crippen LogP contribution in [0.1, 0.15) is 17.3 Å². The Morgan fingerprint density at radius 3 is 2.17 bits per heavy atom. The summed E-state index contributed by atoms with van der Waals surface area (Å²) in [7, 11) is 0. The number of carbonyl (C=O) groups excluding carboxylic acids is 3. The molecule has 0 unspecified atom stereocenters. The number of hydrogen-bond donors (Lipinski definition) is 0. The van der Waals surface area contributed by atoms with E-state index in [0.717, 1.165) is 0 Å². The standard InChI is InChI=1S/C17H15NO5/c1-2-22-17(21)9-3-5-10(6-4-9)18-15(19)13-11-7-8-12(23-11)14(13)16(18)20/h3-8,11-14H,2H2,1H3/t11-,12+,13-,14+. The van der Waals surface area contributed by atoms with Crippen molar-refractivity contribution >= 4 is 23.5 Å². The molecule has 2 saturated heterocycles. The molecule has 3 aliphatic heterocycles. The van der Waals surface area contributed by atoms with Gasteiger partial charge < -0.3 is 9.47 Å². The lowest BCUT2D eigenvalue weighted by Crippen LogP contribution is -2.34. The minimum absolute atomic E-state index is 0.235. The summed E-state index contributed by atoms with van der Waals surface area (Å²) < 4.78 is 10.5. The molecule has 0 saturated carbocycles. The fourth-order valence-electron chi connectivity index (χ4n) is 3.52. The molecule has 23 heavy (non-hydrogen) atoms. The van der Waals surface area contributed by atoms with E-state index in [1.807, 2.05) is 12.2 Å². The highest BCUT2D eigenvalue weighted by Crippen LogP contribution is 2.46. The Bertz CT molecular complexity index is 693. The van der Waals surface area contributed by atoms with Gasteiger partial charge in [0.1, 0.15) is 0 Å². The average molecular weight is 313 g/mol. The van der Waals surface area contributed by atoms with Gasteiger partial charge in [0.15, 0.2) is 0 Å². The Labute approximate surface area is 132 Å². The third-order valence-electron chi connectivity index (χ3n) is 4.55. The van der Waals surface area contributed by atoms with Gasteiger partial charge in [-0.15, -0.1) is 0 Å². The van der Waals surface area contributed by atoms with E-state index in [2.05, 4.69) is 0 Å². The minimum atomic E-state index is -0.428. The van der Waals surface area contributed by atoms with Crippen LogP contribution in [0.4, 0.5) is 5.69 Å². The third-order valence-corrected chi connectivity index (χ3v) is 4.55. The second-order valence-corrected chi connectivity index (χ2v) is 5.78. The lowest BCUT2D eigenvalue weighted by molar-refractivity contribution is -0.124. The average Bonchev–Trinajstić information content (AvgIpc) is 3.22. The molecule has 4 rings (SSSR count). The predicted octanol–water partition coefficient (Wildman–Crippen LogP) is 1.31. The lowest BCUT2D eigenvalue weighted by atomic mass is 9.85. The number of benzene rings is 1. The SMILES string of the molecule is CCOC(=O)c1ccc(N2C(=O)[C@@H]3[C@H](C2=O)[C@H]2C=C[C@@H]3O2)cc1. The largest absolute Gasteiger partial charge is 0.462 e. The molecular formula is C17H15NO5. The first-order chi connectivity index (χ1) is 11.1. The van der Waals surface area contributed by atoms with Gasteiger partial charge in [0.25, 0.3) is 0 Å². The first-order valence-corrected chi connectivity index (χ1v) is 7.60. The number of hydrogen-bond acceptors (Lipinski definition) is 5. The summed E-state index contributed by atoms with van der Waals surface area (Å²) in [5, 5.41) is 0. The third kappa shape index (κ3) is 1.95. The van der Waals surface area contributed by atoms with Crippen molar-refractivity contribution in [2.45, 2.75) is 19.1 Å². The summed E-state index contributed by atoms with van der Waals surface area (Å²) in [5.41, 5.74) is 0.863. The van der Waals surface area contributed by atoms with Gasteiger partial charge >= 0.3 is 5.97 Å². The highest BCUT2D eigenvalue weighted by molar-refractivity contribution is 6.23. The van der Waals surface area contributed by atoms with Crippen molar-refractivity contribution in [2.75, 3.05) is 11.5 Å². The summed E-state index contributed by atoms with van der Waals surface area (Å²) in [4.78, 5) is 38.1. The topological polar surface area (TPSA) is 72.9 Å². The van der Waals surface area contributed by atoms with E-state index in [0.29, 0.717) is 17.9 Å². The fraction of sp³-hybridized carbons (Fsp3) is 0.353. The first-order valence-electron chi connectivity index (χ1n) is 7.60. The zero-order valence-corrected chi connectivity index (χ0v) is 12.5. The molecule has 3 aliphatic rings. The maximum Gasteiger partial charge on any atom is 0.338 e. The van der Waals surface area contributed by atoms with E-state index < -0.39 is 17.8 Å². The number of nitrogens with zero attached hydrogens (tertiary/aromatic N) is 1. The first kappa shape index (κ1) is 14.1. The second kappa shape index (κ2) is 5.03. The molecule has 0 N–H and O–H groups in total. The number of fused-ring (bicyclic) bond motifs is 5. The molecule has 2 fully saturated rings. The molecule has 1 aromatic rings. The van der Waals surface area contributed by atoms with E-state index >= 15 is 0 Å². The number of imide groups is 1. The summed E-state index contributed by atoms with van der Waals surface area (Å²) in [6, 6.07) is 6.31. The van der Waals surface area contributed by atoms with E-state index in [4.69, 9.17) is 9.47 Å². The van der Waals surface area contributed by atoms with Crippen LogP contribution in [-0.2, 0) is 19.1 Å². The normalized spacial score (nSPS) is 30.9. The summed E-state index contributed by atoms with van der Waals surface area (Å²) in [5.74, 6) is -1.75. The van der Waals surface area contributed by atoms with Crippen LogP contribution < -0.4 is 4.90 Å². The molecule has 2 amide bonds. The van der Waals surface area contributed by atoms with Crippen LogP contribution in [-0.4, -0.2) is 36.6 Å². The van der Waals surface area contributed by atoms with Gasteiger partial charge in [-0.2, -0.15) is 0 Å². The van der Waals surface area contributed by atoms with E-state index in [1.54, 1.807) is 31.2 Å². The molecule has 0 aromatic heterocycles. The maximum atomic E-state index is 12.6. The Kier molecular flexibility index (Phi) is 3.09. The highest BCUT2D eigenvalue weighted by Gasteiger charge is 2.60. The maximum absolute atomic E-state index is 12.6. The van der Waals surface area contributed by atoms with Crippen molar-refractivity contribution in [1.82, 2.24) is 0 Å². The zero-order valence-electron chi connectivity index (χ0n) is 12.5. The van der Waals surface area contributed by atoms with E-state index in [-0.39, 0.29) is 24.0 Å². The van der Waals surface area contributed by atoms with Crippen molar-refractivity contribution in [3.8, 4) is 0 Å². The van der Waals surface area contributed by atoms with Crippen LogP contribution in [0.2, 0.25) is 0 Å². The van der Waals surface area contributed by atoms with Crippen LogP contribution in [0.25, 0.3) is 0 Å². The summed E-state index contributed by atoms with van der Waals surface area (Å²) >= 11 is 0. The van der Waals surface area contributed by atoms with E-state index in [1.165, 1.54) is 4.90 Å². The lowest BCUT2D eigenvalue weighted by Gasteiger charge is -2.17. The Balaban J connectivity index is 1.61. The highest BCUT2D eigenvalue weighted by atomic mass is 16.5. The van der Waals surface area contributed by atoms with Gasteiger partial charge in [-0.05, 0) is 31.2 Å². The Morgan fingerprint density at radius 1 is 1.09 bits per heavy atom. The van der Waals surface area contributed by atoms with Crippen LogP contribution >= 0.6 is 0 Å². The van der Waals surface area contributed by atoms with Crippen LogP contribution in [0.5, 0.6) is 0 Å². The molecule has 0 radical (unpaired) electrons. The number of esters is 1. The van der Waals surface area contributed by atoms with Crippen LogP contribution in [0.3, 0.4) is 0 Å². The van der Waals surface area contributed by atoms with Gasteiger partial charge in [0, 0.05) is 0 Å². The summed E-state index contributed by atoms with van der Waals surface area (Å²) in [6.45, 7) is 2.03. The smallest absolute Gasteiger partial charge is 0.338 e. The molecule has 3 heterocycles. The molecule has 118 valence electrons. The van der Waals surface area contributed by atoms with Crippen molar-refractivity contribution < 1.29 is 23.9 Å². The van der Waals surface area contributed by atoms with Gasteiger partial charge in [-0.25, -0.2) is 9.69 Å². The van der Waals surface area contributed by atoms with Gasteiger partial charge in [-0.1, -0.05) is 12.2 Å². The van der Waals surface area contributed by atoms with Crippen LogP contribution in [0.15, 0.2) is 36.4 Å². The van der Waals surface area contributed by atoms with Crippen molar-refractivity contribution in [3.05, 3.63) is 42.0 Å². The number of anilines is 1. The monoisotopic (exact) mass is 313 g/mol. The van der Waals surface area contributed by atoms with Crippen molar-refractivity contribution in [1.29, 1.82) is 0 Å². The number of carbonyl (C=O) groups is 3. The second-order valence-electron chi connectivity index (χ2n) is 5.78. The van der Waals surface area contributed by atoms with Crippen LogP contribution in [0, 0.1) is 11.8 Å². The molecule has 1 aromatic carbocycles.